The Morgan fingerprint density at radius 3 is 2.53 bits per heavy atom. The van der Waals surface area contributed by atoms with Gasteiger partial charge in [0.25, 0.3) is 11.5 Å². The van der Waals surface area contributed by atoms with Crippen LogP contribution in [0.3, 0.4) is 0 Å². The third-order valence-corrected chi connectivity index (χ3v) is 7.01. The number of H-pyrrole nitrogens is 1. The Labute approximate surface area is 199 Å². The first kappa shape index (κ1) is 24.6. The zero-order valence-corrected chi connectivity index (χ0v) is 19.6. The molecule has 2 saturated heterocycles. The van der Waals surface area contributed by atoms with Gasteiger partial charge in [-0.05, 0) is 61.8 Å². The summed E-state index contributed by atoms with van der Waals surface area (Å²) in [7, 11) is 0. The molecule has 2 fully saturated rings. The summed E-state index contributed by atoms with van der Waals surface area (Å²) < 4.78 is 1.86. The van der Waals surface area contributed by atoms with Crippen molar-refractivity contribution in [2.45, 2.75) is 38.1 Å². The van der Waals surface area contributed by atoms with E-state index in [1.807, 2.05) is 21.6 Å². The molecule has 5 heterocycles. The molecule has 2 aromatic rings. The maximum absolute atomic E-state index is 13.1. The summed E-state index contributed by atoms with van der Waals surface area (Å²) in [5, 5.41) is 3.45. The lowest BCUT2D eigenvalue weighted by molar-refractivity contribution is 0.0687. The summed E-state index contributed by atoms with van der Waals surface area (Å²) in [6.45, 7) is 3.90. The van der Waals surface area contributed by atoms with Gasteiger partial charge in [-0.3, -0.25) is 14.4 Å². The van der Waals surface area contributed by atoms with Crippen molar-refractivity contribution in [3.63, 3.8) is 0 Å². The maximum atomic E-state index is 13.1. The number of aromatic nitrogens is 2. The van der Waals surface area contributed by atoms with Crippen LogP contribution in [0.15, 0.2) is 40.1 Å². The number of aromatic amines is 1. The predicted molar refractivity (Wildman–Crippen MR) is 128 cm³/mol. The summed E-state index contributed by atoms with van der Waals surface area (Å²) in [4.78, 5) is 42.0. The molecule has 0 spiro atoms. The highest BCUT2D eigenvalue weighted by atomic mass is 35.5. The first-order chi connectivity index (χ1) is 14.6. The van der Waals surface area contributed by atoms with Crippen LogP contribution in [0.1, 0.15) is 46.8 Å². The van der Waals surface area contributed by atoms with Crippen LogP contribution in [0.25, 0.3) is 0 Å². The van der Waals surface area contributed by atoms with E-state index < -0.39 is 0 Å². The fourth-order valence-electron chi connectivity index (χ4n) is 5.37. The van der Waals surface area contributed by atoms with E-state index in [0.29, 0.717) is 43.0 Å². The topological polar surface area (TPSA) is 87.2 Å². The maximum Gasteiger partial charge on any atom is 0.263 e. The van der Waals surface area contributed by atoms with Gasteiger partial charge in [0.15, 0.2) is 0 Å². The van der Waals surface area contributed by atoms with E-state index in [4.69, 9.17) is 0 Å². The van der Waals surface area contributed by atoms with Gasteiger partial charge < -0.3 is 19.8 Å². The molecule has 9 heteroatoms. The van der Waals surface area contributed by atoms with Crippen LogP contribution in [-0.4, -0.2) is 46.5 Å². The Hall–Kier alpha value is -2.09. The number of likely N-dealkylation sites (tertiary alicyclic amines) is 1. The van der Waals surface area contributed by atoms with Crippen molar-refractivity contribution in [3.8, 4) is 0 Å². The van der Waals surface area contributed by atoms with E-state index in [0.717, 1.165) is 50.0 Å². The molecule has 0 saturated carbocycles. The highest BCUT2D eigenvalue weighted by Crippen LogP contribution is 2.32. The minimum atomic E-state index is -0.133. The fourth-order valence-corrected chi connectivity index (χ4v) is 5.37. The second kappa shape index (κ2) is 10.2. The minimum Gasteiger partial charge on any atom is -0.338 e. The molecule has 2 bridgehead atoms. The second-order valence-corrected chi connectivity index (χ2v) is 9.05. The fraction of sp³-hybridized carbons (Fsp3) is 0.522. The molecule has 2 aromatic heterocycles. The van der Waals surface area contributed by atoms with Gasteiger partial charge in [-0.15, -0.1) is 24.8 Å². The van der Waals surface area contributed by atoms with E-state index in [9.17, 15) is 14.4 Å². The summed E-state index contributed by atoms with van der Waals surface area (Å²) in [5.74, 6) is 1.20. The molecule has 3 aliphatic rings. The Bertz CT molecular complexity index is 1060. The average molecular weight is 481 g/mol. The highest BCUT2D eigenvalue weighted by molar-refractivity contribution is 5.94. The standard InChI is InChI=1S/C23H28N4O3.2ClH/c28-21-4-1-16(12-25-21)9-15-5-7-26(8-6-15)22(29)19-2-3-20-18-10-17(11-24-13-18)14-27(20)23(19)30;;/h1-4,12,15,17-18,24H,5-11,13-14H2,(H,25,28);2*1H/t17-,18+;;/m0../s1. The zero-order valence-electron chi connectivity index (χ0n) is 17.9. The zero-order chi connectivity index (χ0) is 20.7. The third-order valence-electron chi connectivity index (χ3n) is 7.01. The highest BCUT2D eigenvalue weighted by Gasteiger charge is 2.33. The Morgan fingerprint density at radius 2 is 1.81 bits per heavy atom. The number of hydrogen-bond donors (Lipinski definition) is 2. The smallest absolute Gasteiger partial charge is 0.263 e. The van der Waals surface area contributed by atoms with E-state index in [-0.39, 0.29) is 41.8 Å². The van der Waals surface area contributed by atoms with Crippen molar-refractivity contribution in [1.29, 1.82) is 0 Å². The molecule has 0 aromatic carbocycles. The number of piperidine rings is 2. The van der Waals surface area contributed by atoms with Gasteiger partial charge in [0.05, 0.1) is 0 Å². The number of nitrogens with one attached hydrogen (secondary N) is 2. The molecule has 174 valence electrons. The summed E-state index contributed by atoms with van der Waals surface area (Å²) >= 11 is 0. The first-order valence-corrected chi connectivity index (χ1v) is 11.0. The molecular weight excluding hydrogens is 451 g/mol. The molecule has 5 rings (SSSR count). The second-order valence-electron chi connectivity index (χ2n) is 9.05. The summed E-state index contributed by atoms with van der Waals surface area (Å²) in [6, 6.07) is 7.17. The quantitative estimate of drug-likeness (QED) is 0.704. The van der Waals surface area contributed by atoms with E-state index in [2.05, 4.69) is 10.3 Å². The number of hydrogen-bond acceptors (Lipinski definition) is 4. The molecule has 0 unspecified atom stereocenters. The normalized spacial score (nSPS) is 22.3. The van der Waals surface area contributed by atoms with Crippen molar-refractivity contribution in [3.05, 3.63) is 68.0 Å². The monoisotopic (exact) mass is 480 g/mol. The van der Waals surface area contributed by atoms with E-state index in [1.54, 1.807) is 18.3 Å². The SMILES string of the molecule is Cl.Cl.O=C(c1ccc2n(c1=O)C[C@@H]1CNC[C@H]2C1)N1CCC(Cc2ccc(=O)[nH]c2)CC1. The molecular formula is C23H30Cl2N4O3. The van der Waals surface area contributed by atoms with Crippen LogP contribution in [0.5, 0.6) is 0 Å². The van der Waals surface area contributed by atoms with Crippen LogP contribution >= 0.6 is 24.8 Å². The van der Waals surface area contributed by atoms with Crippen molar-refractivity contribution in [2.24, 2.45) is 11.8 Å². The first-order valence-electron chi connectivity index (χ1n) is 11.0. The molecule has 0 aliphatic carbocycles. The summed E-state index contributed by atoms with van der Waals surface area (Å²) in [5.41, 5.74) is 2.29. The molecule has 0 radical (unpaired) electrons. The van der Waals surface area contributed by atoms with Crippen LogP contribution < -0.4 is 16.4 Å². The number of fused-ring (bicyclic) bond motifs is 4. The van der Waals surface area contributed by atoms with Gasteiger partial charge in [-0.2, -0.15) is 0 Å². The lowest BCUT2D eigenvalue weighted by atomic mass is 9.84. The Morgan fingerprint density at radius 1 is 1.03 bits per heavy atom. The number of rotatable bonds is 3. The Balaban J connectivity index is 0.00000144. The van der Waals surface area contributed by atoms with E-state index in [1.165, 1.54) is 0 Å². The van der Waals surface area contributed by atoms with Gasteiger partial charge in [-0.25, -0.2) is 0 Å². The number of carbonyl (C=O) groups is 1. The average Bonchev–Trinajstić information content (AvgIpc) is 2.76. The van der Waals surface area contributed by atoms with Crippen molar-refractivity contribution in [1.82, 2.24) is 19.8 Å². The number of amides is 1. The van der Waals surface area contributed by atoms with Crippen LogP contribution in [-0.2, 0) is 13.0 Å². The van der Waals surface area contributed by atoms with Gasteiger partial charge in [0.2, 0.25) is 5.56 Å². The van der Waals surface area contributed by atoms with Crippen molar-refractivity contribution >= 4 is 30.7 Å². The summed E-state index contributed by atoms with van der Waals surface area (Å²) in [6.07, 6.45) is 5.62. The number of halogens is 2. The molecule has 7 nitrogen and oxygen atoms in total. The van der Waals surface area contributed by atoms with Gasteiger partial charge in [0.1, 0.15) is 5.56 Å². The van der Waals surface area contributed by atoms with Gasteiger partial charge >= 0.3 is 0 Å². The molecule has 2 N–H and O–H groups in total. The van der Waals surface area contributed by atoms with Crippen molar-refractivity contribution < 1.29 is 4.79 Å². The molecule has 1 amide bonds. The largest absolute Gasteiger partial charge is 0.338 e. The van der Waals surface area contributed by atoms with Gasteiger partial charge in [-0.1, -0.05) is 6.07 Å². The lowest BCUT2D eigenvalue weighted by Crippen LogP contribution is -2.47. The number of nitrogens with zero attached hydrogens (tertiary/aromatic N) is 2. The van der Waals surface area contributed by atoms with Crippen LogP contribution in [0.2, 0.25) is 0 Å². The number of carbonyl (C=O) groups excluding carboxylic acids is 1. The lowest BCUT2D eigenvalue weighted by Gasteiger charge is -2.38. The van der Waals surface area contributed by atoms with Gasteiger partial charge in [0, 0.05) is 50.1 Å². The van der Waals surface area contributed by atoms with Crippen LogP contribution in [0.4, 0.5) is 0 Å². The third kappa shape index (κ3) is 4.80. The van der Waals surface area contributed by atoms with Crippen LogP contribution in [0, 0.1) is 11.8 Å². The minimum absolute atomic E-state index is 0. The van der Waals surface area contributed by atoms with E-state index >= 15 is 0 Å². The Kier molecular flexibility index (Phi) is 7.85. The van der Waals surface area contributed by atoms with Crippen molar-refractivity contribution in [2.75, 3.05) is 26.2 Å². The molecule has 2 atom stereocenters. The number of pyridine rings is 2. The molecule has 32 heavy (non-hydrogen) atoms. The molecule has 3 aliphatic heterocycles. The predicted octanol–water partition coefficient (Wildman–Crippen LogP) is 2.18.